The molecule has 3 aromatic heterocycles. The van der Waals surface area contributed by atoms with E-state index in [1.54, 1.807) is 6.07 Å². The third kappa shape index (κ3) is 11.2. The topological polar surface area (TPSA) is 78.7 Å². The van der Waals surface area contributed by atoms with Gasteiger partial charge in [-0.2, -0.15) is 4.73 Å². The van der Waals surface area contributed by atoms with Crippen molar-refractivity contribution >= 4 is 24.8 Å². The summed E-state index contributed by atoms with van der Waals surface area (Å²) in [6.45, 7) is 0.159. The van der Waals surface area contributed by atoms with Gasteiger partial charge in [0.25, 0.3) is 0 Å². The van der Waals surface area contributed by atoms with Crippen LogP contribution in [0.2, 0.25) is 0 Å². The summed E-state index contributed by atoms with van der Waals surface area (Å²) < 4.78 is 36.7. The van der Waals surface area contributed by atoms with Crippen molar-refractivity contribution in [2.75, 3.05) is 0 Å². The molecule has 0 aliphatic heterocycles. The molecule has 2 N–H and O–H groups in total. The molecule has 0 saturated heterocycles. The lowest BCUT2D eigenvalue weighted by Crippen LogP contribution is -2.24. The van der Waals surface area contributed by atoms with Crippen LogP contribution in [0.5, 0.6) is 0 Å². The van der Waals surface area contributed by atoms with Gasteiger partial charge in [-0.05, 0) is 30.3 Å². The standard InChI is InChI=1S/C6H7FN2.C5H4FNO.C5H4FN.2ClH/c7-5-2-1-3-9-6(5)4-8;6-5-2-1-3-7(8)4-5;6-5-2-1-3-7-4-5;;/h1-3H,4,8H2;1-4H;1-4H;2*1H. The van der Waals surface area contributed by atoms with E-state index in [-0.39, 0.29) is 43.0 Å². The molecule has 0 saturated carbocycles. The summed E-state index contributed by atoms with van der Waals surface area (Å²) in [6.07, 6.45) is 6.30. The molecule has 0 aliphatic carbocycles. The molecule has 3 aromatic rings. The highest BCUT2D eigenvalue weighted by Gasteiger charge is 1.96. The fourth-order valence-corrected chi connectivity index (χ4v) is 1.34. The van der Waals surface area contributed by atoms with Gasteiger partial charge in [-0.15, -0.1) is 24.8 Å². The number of pyridine rings is 3. The second kappa shape index (κ2) is 14.9. The van der Waals surface area contributed by atoms with Gasteiger partial charge in [0.2, 0.25) is 6.20 Å². The average Bonchev–Trinajstić information content (AvgIpc) is 2.57. The molecule has 0 bridgehead atoms. The normalized spacial score (nSPS) is 8.46. The van der Waals surface area contributed by atoms with Crippen molar-refractivity contribution in [1.29, 1.82) is 0 Å². The number of aromatic nitrogens is 3. The van der Waals surface area contributed by atoms with Gasteiger partial charge < -0.3 is 10.9 Å². The third-order valence-corrected chi connectivity index (χ3v) is 2.39. The van der Waals surface area contributed by atoms with E-state index in [0.717, 1.165) is 6.20 Å². The van der Waals surface area contributed by atoms with Crippen LogP contribution < -0.4 is 10.5 Å². The highest BCUT2D eigenvalue weighted by atomic mass is 35.5. The molecule has 0 amide bonds. The Morgan fingerprint density at radius 1 is 0.962 bits per heavy atom. The lowest BCUT2D eigenvalue weighted by molar-refractivity contribution is -0.607. The molecule has 3 rings (SSSR count). The fraction of sp³-hybridized carbons (Fsp3) is 0.0625. The van der Waals surface area contributed by atoms with Crippen molar-refractivity contribution < 1.29 is 17.9 Å². The summed E-state index contributed by atoms with van der Waals surface area (Å²) in [7, 11) is 0. The molecule has 26 heavy (non-hydrogen) atoms. The Hall–Kier alpha value is -2.42. The number of halogens is 5. The largest absolute Gasteiger partial charge is 0.619 e. The zero-order chi connectivity index (χ0) is 17.8. The highest BCUT2D eigenvalue weighted by Crippen LogP contribution is 1.99. The van der Waals surface area contributed by atoms with Crippen LogP contribution in [0.25, 0.3) is 0 Å². The van der Waals surface area contributed by atoms with Gasteiger partial charge >= 0.3 is 0 Å². The van der Waals surface area contributed by atoms with E-state index in [1.165, 1.54) is 55.1 Å². The van der Waals surface area contributed by atoms with E-state index in [2.05, 4.69) is 9.97 Å². The zero-order valence-electron chi connectivity index (χ0n) is 13.3. The van der Waals surface area contributed by atoms with Crippen molar-refractivity contribution in [1.82, 2.24) is 9.97 Å². The van der Waals surface area contributed by atoms with Crippen LogP contribution in [0.4, 0.5) is 13.2 Å². The number of rotatable bonds is 1. The molecule has 5 nitrogen and oxygen atoms in total. The lowest BCUT2D eigenvalue weighted by atomic mass is 10.3. The average molecular weight is 409 g/mol. The summed E-state index contributed by atoms with van der Waals surface area (Å²) in [5, 5.41) is 10.2. The van der Waals surface area contributed by atoms with E-state index in [4.69, 9.17) is 5.73 Å². The van der Waals surface area contributed by atoms with E-state index >= 15 is 0 Å². The number of hydrogen-bond acceptors (Lipinski definition) is 4. The van der Waals surface area contributed by atoms with Gasteiger partial charge in [-0.1, -0.05) is 0 Å². The van der Waals surface area contributed by atoms with Gasteiger partial charge in [0, 0.05) is 25.0 Å². The van der Waals surface area contributed by atoms with Gasteiger partial charge in [0.15, 0.2) is 12.0 Å². The fourth-order valence-electron chi connectivity index (χ4n) is 1.34. The first kappa shape index (κ1) is 25.8. The summed E-state index contributed by atoms with van der Waals surface area (Å²) >= 11 is 0. The Kier molecular flexibility index (Phi) is 14.8. The summed E-state index contributed by atoms with van der Waals surface area (Å²) in [5.41, 5.74) is 5.47. The SMILES string of the molecule is Cl.Cl.Fc1cccnc1.NCc1ncccc1F.[O-][n+]1cccc(F)c1. The molecule has 0 aliphatic rings. The predicted octanol–water partition coefficient (Wildman–Crippen LogP) is 3.20. The molecule has 0 spiro atoms. The van der Waals surface area contributed by atoms with Gasteiger partial charge in [0.1, 0.15) is 11.6 Å². The molecule has 0 radical (unpaired) electrons. The monoisotopic (exact) mass is 408 g/mol. The lowest BCUT2D eigenvalue weighted by Gasteiger charge is -1.93. The van der Waals surface area contributed by atoms with Crippen LogP contribution in [-0.4, -0.2) is 9.97 Å². The van der Waals surface area contributed by atoms with Crippen molar-refractivity contribution in [2.24, 2.45) is 5.73 Å². The van der Waals surface area contributed by atoms with E-state index in [0.29, 0.717) is 10.4 Å². The Balaban J connectivity index is 0. The summed E-state index contributed by atoms with van der Waals surface area (Å²) in [5.74, 6) is -1.13. The number of nitrogens with zero attached hydrogens (tertiary/aromatic N) is 3. The Morgan fingerprint density at radius 2 is 1.62 bits per heavy atom. The first-order valence-corrected chi connectivity index (χ1v) is 6.72. The first-order chi connectivity index (χ1) is 11.5. The molecular weight excluding hydrogens is 392 g/mol. The van der Waals surface area contributed by atoms with Crippen LogP contribution in [0.1, 0.15) is 5.69 Å². The summed E-state index contributed by atoms with van der Waals surface area (Å²) in [6, 6.07) is 8.35. The maximum Gasteiger partial charge on any atom is 0.216 e. The first-order valence-electron chi connectivity index (χ1n) is 6.72. The van der Waals surface area contributed by atoms with Crippen molar-refractivity contribution in [2.45, 2.75) is 6.54 Å². The minimum atomic E-state index is -0.512. The highest BCUT2D eigenvalue weighted by molar-refractivity contribution is 5.85. The van der Waals surface area contributed by atoms with E-state index in [9.17, 15) is 18.4 Å². The summed E-state index contributed by atoms with van der Waals surface area (Å²) in [4.78, 5) is 7.21. The molecule has 10 heteroatoms. The van der Waals surface area contributed by atoms with Crippen LogP contribution in [0.3, 0.4) is 0 Å². The van der Waals surface area contributed by atoms with Crippen LogP contribution in [0, 0.1) is 22.7 Å². The maximum absolute atomic E-state index is 12.4. The smallest absolute Gasteiger partial charge is 0.216 e. The van der Waals surface area contributed by atoms with Crippen LogP contribution >= 0.6 is 24.8 Å². The third-order valence-electron chi connectivity index (χ3n) is 2.39. The van der Waals surface area contributed by atoms with Crippen molar-refractivity contribution in [3.8, 4) is 0 Å². The molecule has 0 unspecified atom stereocenters. The second-order valence-electron chi connectivity index (χ2n) is 4.19. The minimum Gasteiger partial charge on any atom is -0.619 e. The Morgan fingerprint density at radius 3 is 1.96 bits per heavy atom. The van der Waals surface area contributed by atoms with Crippen molar-refractivity contribution in [3.63, 3.8) is 0 Å². The van der Waals surface area contributed by atoms with Gasteiger partial charge in [0.05, 0.1) is 11.9 Å². The second-order valence-corrected chi connectivity index (χ2v) is 4.19. The minimum absolute atomic E-state index is 0. The molecule has 3 heterocycles. The molecule has 0 atom stereocenters. The van der Waals surface area contributed by atoms with Crippen LogP contribution in [-0.2, 0) is 6.54 Å². The molecule has 142 valence electrons. The number of hydrogen-bond donors (Lipinski definition) is 1. The maximum atomic E-state index is 12.4. The predicted molar refractivity (Wildman–Crippen MR) is 96.1 cm³/mol. The zero-order valence-corrected chi connectivity index (χ0v) is 15.0. The van der Waals surface area contributed by atoms with Crippen LogP contribution in [0.15, 0.2) is 67.4 Å². The number of nitrogens with two attached hydrogens (primary N) is 1. The quantitative estimate of drug-likeness (QED) is 0.495. The van der Waals surface area contributed by atoms with Crippen molar-refractivity contribution in [3.05, 3.63) is 95.7 Å². The molecular formula is C16H17Cl2F3N4O. The van der Waals surface area contributed by atoms with Gasteiger partial charge in [-0.3, -0.25) is 9.97 Å². The van der Waals surface area contributed by atoms with E-state index in [1.807, 2.05) is 0 Å². The molecule has 0 fully saturated rings. The van der Waals surface area contributed by atoms with Gasteiger partial charge in [-0.25, -0.2) is 13.2 Å². The van der Waals surface area contributed by atoms with E-state index < -0.39 is 5.82 Å². The Bertz CT molecular complexity index is 722. The Labute approximate surface area is 161 Å². The molecule has 0 aromatic carbocycles.